The van der Waals surface area contributed by atoms with Crippen molar-refractivity contribution in [2.45, 2.75) is 45.7 Å². The van der Waals surface area contributed by atoms with Crippen LogP contribution in [0.2, 0.25) is 0 Å². The summed E-state index contributed by atoms with van der Waals surface area (Å²) >= 11 is 12.8. The zero-order chi connectivity index (χ0) is 101. The van der Waals surface area contributed by atoms with Crippen LogP contribution in [-0.2, 0) is 36.8 Å². The molecule has 1 amide bonds. The van der Waals surface area contributed by atoms with Crippen LogP contribution in [0, 0.1) is 11.8 Å². The number of aromatic carboxylic acids is 1. The lowest BCUT2D eigenvalue weighted by molar-refractivity contribution is 0.0304. The second-order valence-corrected chi connectivity index (χ2v) is 36.5. The minimum atomic E-state index is -0.986. The van der Waals surface area contributed by atoms with Crippen molar-refractivity contribution in [1.82, 2.24) is 25.1 Å². The van der Waals surface area contributed by atoms with Gasteiger partial charge >= 0.3 is 29.8 Å². The van der Waals surface area contributed by atoms with Gasteiger partial charge in [-0.15, -0.1) is 80.6 Å². The highest BCUT2D eigenvalue weighted by atomic mass is 32.1. The lowest BCUT2D eigenvalue weighted by Gasteiger charge is -2.26. The number of thiol groups is 1. The van der Waals surface area contributed by atoms with Gasteiger partial charge in [-0.25, -0.2) is 24.0 Å². The van der Waals surface area contributed by atoms with E-state index in [0.717, 1.165) is 135 Å². The minimum absolute atomic E-state index is 0.00172. The topological polar surface area (TPSA) is 352 Å². The van der Waals surface area contributed by atoms with Gasteiger partial charge in [0, 0.05) is 133 Å². The maximum absolute atomic E-state index is 13.0. The number of esters is 4. The first-order chi connectivity index (χ1) is 67.1. The van der Waals surface area contributed by atoms with Crippen molar-refractivity contribution in [3.63, 3.8) is 0 Å². The number of aromatic nitrogens is 2. The molecule has 0 bridgehead atoms. The van der Waals surface area contributed by atoms with Gasteiger partial charge in [-0.2, -0.15) is 0 Å². The molecule has 1 saturated heterocycles. The molecule has 1 aliphatic rings. The molecule has 139 heavy (non-hydrogen) atoms. The van der Waals surface area contributed by atoms with Crippen molar-refractivity contribution in [2.75, 3.05) is 182 Å². The van der Waals surface area contributed by atoms with Crippen LogP contribution in [0.3, 0.4) is 0 Å². The normalized spacial score (nSPS) is 11.4. The van der Waals surface area contributed by atoms with Crippen LogP contribution in [0.15, 0.2) is 123 Å². The number of pyridine rings is 2. The summed E-state index contributed by atoms with van der Waals surface area (Å²) in [6.45, 7) is 14.3. The highest BCUT2D eigenvalue weighted by Crippen LogP contribution is 2.52. The van der Waals surface area contributed by atoms with E-state index in [9.17, 15) is 33.9 Å². The molecule has 742 valence electrons. The van der Waals surface area contributed by atoms with Gasteiger partial charge in [-0.1, -0.05) is 27.7 Å². The summed E-state index contributed by atoms with van der Waals surface area (Å²) in [7, 11) is 31.4. The lowest BCUT2D eigenvalue weighted by atomic mass is 10.0. The number of carbonyl (C=O) groups is 6. The average molecular weight is 2040 g/mol. The van der Waals surface area contributed by atoms with Crippen molar-refractivity contribution in [1.29, 1.82) is 0 Å². The summed E-state index contributed by atoms with van der Waals surface area (Å²) in [6.07, 6.45) is 6.79. The molecule has 2 N–H and O–H groups in total. The summed E-state index contributed by atoms with van der Waals surface area (Å²) in [5.74, 6) is 8.63. The number of carbonyl (C=O) groups excluding carboxylic acids is 5. The first-order valence-electron chi connectivity index (χ1n) is 42.7. The predicted octanol–water partition coefficient (Wildman–Crippen LogP) is 20.8. The van der Waals surface area contributed by atoms with E-state index in [1.165, 1.54) is 118 Å². The number of benzene rings is 7. The smallest absolute Gasteiger partial charge is 0.339 e. The van der Waals surface area contributed by atoms with Gasteiger partial charge in [-0.05, 0) is 80.0 Å². The zero-order valence-electron chi connectivity index (χ0n) is 81.6. The van der Waals surface area contributed by atoms with E-state index in [1.807, 2.05) is 58.8 Å². The number of hydrogen-bond donors (Lipinski definition) is 3. The molecular weight excluding hydrogens is 1930 g/mol. The van der Waals surface area contributed by atoms with Crippen LogP contribution >= 0.6 is 80.6 Å². The Kier molecular flexibility index (Phi) is 39.8. The third-order valence-corrected chi connectivity index (χ3v) is 27.9. The van der Waals surface area contributed by atoms with E-state index in [2.05, 4.69) is 67.6 Å². The summed E-state index contributed by atoms with van der Waals surface area (Å²) in [4.78, 5) is 85.2. The second-order valence-electron chi connectivity index (χ2n) is 30.8. The van der Waals surface area contributed by atoms with E-state index in [1.54, 1.807) is 149 Å². The van der Waals surface area contributed by atoms with E-state index in [0.29, 0.717) is 142 Å². The third-order valence-electron chi connectivity index (χ3n) is 21.6. The first-order valence-corrected chi connectivity index (χ1v) is 48.4. The number of fused-ring (bicyclic) bond motifs is 8. The fourth-order valence-electron chi connectivity index (χ4n) is 15.5. The Morgan fingerprint density at radius 3 is 1.18 bits per heavy atom. The van der Waals surface area contributed by atoms with Gasteiger partial charge in [0.25, 0.3) is 5.91 Å². The van der Waals surface area contributed by atoms with Crippen LogP contribution < -0.4 is 76.4 Å². The van der Waals surface area contributed by atoms with Crippen LogP contribution in [0.1, 0.15) is 101 Å². The van der Waals surface area contributed by atoms with Crippen molar-refractivity contribution >= 4 is 198 Å². The van der Waals surface area contributed by atoms with Gasteiger partial charge in [0.1, 0.15) is 74.7 Å². The van der Waals surface area contributed by atoms with E-state index >= 15 is 0 Å². The van der Waals surface area contributed by atoms with Gasteiger partial charge in [0.05, 0.1) is 242 Å². The molecule has 0 saturated carbocycles. The first kappa shape index (κ1) is 108. The van der Waals surface area contributed by atoms with E-state index in [-0.39, 0.29) is 29.4 Å². The summed E-state index contributed by atoms with van der Waals surface area (Å²) in [5, 5.41) is 30.9. The summed E-state index contributed by atoms with van der Waals surface area (Å²) < 4.78 is 111. The third kappa shape index (κ3) is 24.0. The van der Waals surface area contributed by atoms with Crippen LogP contribution in [-0.4, -0.2) is 242 Å². The van der Waals surface area contributed by atoms with Crippen molar-refractivity contribution < 1.29 is 129 Å². The molecule has 9 heterocycles. The van der Waals surface area contributed by atoms with Gasteiger partial charge in [0.2, 0.25) is 0 Å². The average Bonchev–Trinajstić information content (AvgIpc) is 1.64. The van der Waals surface area contributed by atoms with Crippen LogP contribution in [0.5, 0.6) is 86.2 Å². The summed E-state index contributed by atoms with van der Waals surface area (Å²) in [6, 6.07) is 18.5. The number of nitrogens with one attached hydrogen (secondary N) is 1. The molecule has 32 nitrogen and oxygen atoms in total. The minimum Gasteiger partial charge on any atom is -0.497 e. The van der Waals surface area contributed by atoms with Crippen molar-refractivity contribution in [2.24, 2.45) is 11.8 Å². The Hall–Kier alpha value is -12.8. The molecule has 16 rings (SSSR count). The molecule has 7 aromatic carbocycles. The molecule has 39 heteroatoms. The Morgan fingerprint density at radius 1 is 0.396 bits per heavy atom. The molecule has 0 unspecified atom stereocenters. The highest BCUT2D eigenvalue weighted by molar-refractivity contribution is 7.80. The Labute approximate surface area is 833 Å². The number of hydrogen-bond acceptors (Lipinski definition) is 37. The van der Waals surface area contributed by atoms with Gasteiger partial charge in [-0.3, -0.25) is 14.8 Å². The fraction of sp³-hybridized carbons (Fsp3) is 0.340. The maximum Gasteiger partial charge on any atom is 0.339 e. The molecule has 0 aliphatic carbocycles. The molecule has 15 aromatic rings. The molecule has 0 radical (unpaired) electrons. The quantitative estimate of drug-likeness (QED) is 0.0223. The number of methoxy groups -OCH3 is 19. The number of nitrogens with zero attached hydrogens (tertiary/aromatic N) is 4. The SMILES string of the molecule is COC(=O)c1csc2c(OC)cc(CN(C)CC(C)C)c(OC)c12.COC(=O)c1csc2c(OC)cc(CNCC(C)C)c(OC)c12.COC(=O)c1csc2c(OC)cc(OC)c(OC)c12.COC(=O)c1csc2c(OC)ccc(OC)c12.COc1c2ccncc2c(OC)c2c(C(=O)N3CCOCC3)csc12.COc1c2ccncc2c(OC)c2c(C(=O)O)csc12.COc1ccc(OC)c(S)c1. The highest BCUT2D eigenvalue weighted by Gasteiger charge is 2.31. The Morgan fingerprint density at radius 2 is 0.770 bits per heavy atom. The van der Waals surface area contributed by atoms with Crippen molar-refractivity contribution in [3.8, 4) is 86.2 Å². The number of thiophene rings is 6. The standard InChI is InChI=1S/C18H18N2O4S.C18H25NO4S.C17H23NO4S.C14H11NO4S.C13H14O5S.C12H12O4S.C8H10O2S/c1-22-15-12-9-19-4-3-11(12)16(23-2)17-14(15)13(10-25-17)18(21)20-5-7-24-8-6-20;1-11(2)8-19(3)9-12-7-14(21-4)17-15(16(12)22-5)13(10-24-17)18(20)23-6;1-10(2)7-18-8-11-6-13(20-3)16-14(15(11)21-4)12(9-23-16)17(19)22-5;1-18-11-8-5-15-4-3-7(8)12(19-2)13-10(11)9(6-20-13)14(16)17;1-15-8-5-9(16-2)12-10(11(8)17-3)7(6-19-12)13(14)18-4;1-14-8-4-5-9(15-2)11-10(8)7(6-17-11)12(13)16-3;1-9-6-3-4-7(10-2)8(11)5-6/h3-4,9-10H,5-8H2,1-2H3;7,10-11H,8-9H2,1-6H3;6,9-10,18H,7-8H2,1-5H3;3-6H,1-2H3,(H,16,17);5-6H,1-4H3;4-6H,1-3H3;3-5,11H,1-2H3. The van der Waals surface area contributed by atoms with Gasteiger partial charge in [0.15, 0.2) is 11.5 Å². The Bertz CT molecular complexity index is 6830. The number of morpholine rings is 1. The van der Waals surface area contributed by atoms with Crippen LogP contribution in [0.25, 0.3) is 82.1 Å². The summed E-state index contributed by atoms with van der Waals surface area (Å²) in [5.41, 5.74) is 4.78. The molecule has 0 atom stereocenters. The molecule has 1 fully saturated rings. The van der Waals surface area contributed by atoms with Crippen molar-refractivity contribution in [3.05, 3.63) is 162 Å². The second kappa shape index (κ2) is 51.2. The number of rotatable bonds is 29. The molecule has 0 spiro atoms. The zero-order valence-corrected chi connectivity index (χ0v) is 87.4. The Balaban J connectivity index is 0.000000169. The van der Waals surface area contributed by atoms with Crippen LogP contribution in [0.4, 0.5) is 0 Å². The lowest BCUT2D eigenvalue weighted by Crippen LogP contribution is -2.40. The van der Waals surface area contributed by atoms with Gasteiger partial charge < -0.3 is 115 Å². The largest absolute Gasteiger partial charge is 0.497 e. The fourth-order valence-corrected chi connectivity index (χ4v) is 22.0. The number of carboxylic acid groups (broad SMARTS) is 1. The maximum atomic E-state index is 13.0. The number of carboxylic acids is 1. The molecule has 1 aliphatic heterocycles. The predicted molar refractivity (Wildman–Crippen MR) is 550 cm³/mol. The number of ether oxygens (including phenoxy) is 20. The molecular formula is C100H113N5O27S7. The number of amides is 1. The van der Waals surface area contributed by atoms with E-state index < -0.39 is 11.9 Å². The van der Waals surface area contributed by atoms with E-state index in [4.69, 9.17) is 94.7 Å². The molecule has 8 aromatic heterocycles. The monoisotopic (exact) mass is 2040 g/mol.